The molecule has 0 atom stereocenters. The third-order valence-corrected chi connectivity index (χ3v) is 5.38. The van der Waals surface area contributed by atoms with E-state index in [4.69, 9.17) is 4.42 Å². The van der Waals surface area contributed by atoms with E-state index in [-0.39, 0.29) is 17.7 Å². The molecule has 7 heteroatoms. The summed E-state index contributed by atoms with van der Waals surface area (Å²) in [5, 5.41) is 10.8. The molecule has 1 amide bonds. The number of fused-ring (bicyclic) bond motifs is 3. The number of carbonyl (C=O) groups is 1. The number of amides is 1. The maximum absolute atomic E-state index is 13.1. The molecule has 160 valence electrons. The number of hydrogen-bond donors (Lipinski definition) is 1. The Morgan fingerprint density at radius 2 is 1.84 bits per heavy atom. The van der Waals surface area contributed by atoms with Gasteiger partial charge in [0.05, 0.1) is 18.4 Å². The first-order valence-electron chi connectivity index (χ1n) is 10.5. The zero-order valence-corrected chi connectivity index (χ0v) is 18.2. The second-order valence-electron chi connectivity index (χ2n) is 8.77. The van der Waals surface area contributed by atoms with E-state index in [9.17, 15) is 4.79 Å². The Hall–Kier alpha value is -4.00. The Kier molecular flexibility index (Phi) is 4.74. The monoisotopic (exact) mass is 425 g/mol. The predicted octanol–water partition coefficient (Wildman–Crippen LogP) is 5.04. The topological polar surface area (TPSA) is 85.8 Å². The number of hydrogen-bond acceptors (Lipinski definition) is 5. The van der Waals surface area contributed by atoms with Crippen LogP contribution in [-0.2, 0) is 16.6 Å². The quantitative estimate of drug-likeness (QED) is 0.436. The minimum absolute atomic E-state index is 0.168. The van der Waals surface area contributed by atoms with Crippen molar-refractivity contribution in [2.75, 3.05) is 5.32 Å². The fourth-order valence-electron chi connectivity index (χ4n) is 3.75. The molecule has 0 radical (unpaired) electrons. The van der Waals surface area contributed by atoms with Crippen LogP contribution in [0.3, 0.4) is 0 Å². The number of furan rings is 1. The summed E-state index contributed by atoms with van der Waals surface area (Å²) >= 11 is 0. The number of nitrogens with one attached hydrogen (secondary N) is 1. The third-order valence-electron chi connectivity index (χ3n) is 5.38. The Labute approximate surface area is 185 Å². The number of carbonyl (C=O) groups excluding carboxylic acids is 1. The minimum atomic E-state index is -0.195. The average molecular weight is 425 g/mol. The van der Waals surface area contributed by atoms with Crippen LogP contribution >= 0.6 is 0 Å². The van der Waals surface area contributed by atoms with Crippen molar-refractivity contribution >= 4 is 33.5 Å². The SMILES string of the molecule is CC(C)(C)c1cc(NC(=O)Cc2coc3ccc4ccccc4c23)n(-c2ncccn2)n1. The van der Waals surface area contributed by atoms with E-state index in [1.807, 2.05) is 36.4 Å². The molecule has 0 saturated heterocycles. The second-order valence-corrected chi connectivity index (χ2v) is 8.77. The van der Waals surface area contributed by atoms with Crippen molar-refractivity contribution in [2.24, 2.45) is 0 Å². The number of benzene rings is 2. The molecule has 3 aromatic heterocycles. The summed E-state index contributed by atoms with van der Waals surface area (Å²) in [5.41, 5.74) is 2.25. The maximum Gasteiger partial charge on any atom is 0.252 e. The number of aromatic nitrogens is 4. The van der Waals surface area contributed by atoms with Gasteiger partial charge in [-0.2, -0.15) is 9.78 Å². The van der Waals surface area contributed by atoms with Gasteiger partial charge >= 0.3 is 0 Å². The van der Waals surface area contributed by atoms with Gasteiger partial charge in [0, 0.05) is 34.8 Å². The van der Waals surface area contributed by atoms with Gasteiger partial charge in [0.1, 0.15) is 11.4 Å². The van der Waals surface area contributed by atoms with E-state index in [0.717, 1.165) is 33.0 Å². The number of anilines is 1. The predicted molar refractivity (Wildman–Crippen MR) is 124 cm³/mol. The maximum atomic E-state index is 13.1. The molecule has 2 aromatic carbocycles. The molecule has 0 unspecified atom stereocenters. The molecule has 0 saturated carbocycles. The molecule has 0 bridgehead atoms. The van der Waals surface area contributed by atoms with E-state index in [0.29, 0.717) is 11.8 Å². The molecule has 5 rings (SSSR count). The van der Waals surface area contributed by atoms with Crippen LogP contribution in [0, 0.1) is 0 Å². The van der Waals surface area contributed by atoms with Crippen LogP contribution in [0.5, 0.6) is 0 Å². The Morgan fingerprint density at radius 3 is 2.62 bits per heavy atom. The molecular formula is C25H23N5O2. The molecule has 0 aliphatic heterocycles. The molecule has 7 nitrogen and oxygen atoms in total. The highest BCUT2D eigenvalue weighted by Crippen LogP contribution is 2.30. The van der Waals surface area contributed by atoms with Crippen molar-refractivity contribution in [1.82, 2.24) is 19.7 Å². The van der Waals surface area contributed by atoms with Crippen molar-refractivity contribution in [3.8, 4) is 5.95 Å². The van der Waals surface area contributed by atoms with Crippen molar-refractivity contribution in [2.45, 2.75) is 32.6 Å². The first-order chi connectivity index (χ1) is 15.4. The summed E-state index contributed by atoms with van der Waals surface area (Å²) in [6.45, 7) is 6.21. The number of nitrogens with zero attached hydrogens (tertiary/aromatic N) is 4. The summed E-state index contributed by atoms with van der Waals surface area (Å²) in [7, 11) is 0. The zero-order valence-electron chi connectivity index (χ0n) is 18.2. The highest BCUT2D eigenvalue weighted by molar-refractivity contribution is 6.09. The number of rotatable bonds is 4. The Morgan fingerprint density at radius 1 is 1.06 bits per heavy atom. The van der Waals surface area contributed by atoms with Crippen LogP contribution in [-0.4, -0.2) is 25.7 Å². The van der Waals surface area contributed by atoms with Crippen molar-refractivity contribution in [3.05, 3.63) is 78.4 Å². The summed E-state index contributed by atoms with van der Waals surface area (Å²) in [4.78, 5) is 21.6. The molecule has 0 spiro atoms. The molecule has 32 heavy (non-hydrogen) atoms. The van der Waals surface area contributed by atoms with E-state index in [1.54, 1.807) is 29.4 Å². The molecular weight excluding hydrogens is 402 g/mol. The molecule has 0 aliphatic rings. The average Bonchev–Trinajstić information content (AvgIpc) is 3.39. The van der Waals surface area contributed by atoms with E-state index < -0.39 is 0 Å². The molecule has 0 aliphatic carbocycles. The first kappa shape index (κ1) is 19.9. The lowest BCUT2D eigenvalue weighted by Gasteiger charge is -2.13. The van der Waals surface area contributed by atoms with E-state index >= 15 is 0 Å². The lowest BCUT2D eigenvalue weighted by molar-refractivity contribution is -0.115. The zero-order chi connectivity index (χ0) is 22.3. The van der Waals surface area contributed by atoms with Crippen LogP contribution in [0.2, 0.25) is 0 Å². The van der Waals surface area contributed by atoms with Crippen LogP contribution in [0.25, 0.3) is 27.7 Å². The largest absolute Gasteiger partial charge is 0.464 e. The van der Waals surface area contributed by atoms with Crippen molar-refractivity contribution in [1.29, 1.82) is 0 Å². The summed E-state index contributed by atoms with van der Waals surface area (Å²) < 4.78 is 7.30. The summed E-state index contributed by atoms with van der Waals surface area (Å²) in [5.74, 6) is 0.764. The van der Waals surface area contributed by atoms with Crippen LogP contribution in [0.4, 0.5) is 5.82 Å². The Balaban J connectivity index is 1.49. The van der Waals surface area contributed by atoms with Gasteiger partial charge in [-0.15, -0.1) is 0 Å². The fourth-order valence-corrected chi connectivity index (χ4v) is 3.75. The lowest BCUT2D eigenvalue weighted by Crippen LogP contribution is -2.17. The second kappa shape index (κ2) is 7.60. The van der Waals surface area contributed by atoms with Crippen LogP contribution in [0.15, 0.2) is 71.6 Å². The minimum Gasteiger partial charge on any atom is -0.464 e. The molecule has 5 aromatic rings. The highest BCUT2D eigenvalue weighted by Gasteiger charge is 2.23. The van der Waals surface area contributed by atoms with E-state index in [2.05, 4.69) is 47.2 Å². The Bertz CT molecular complexity index is 1430. The summed E-state index contributed by atoms with van der Waals surface area (Å²) in [6.07, 6.45) is 5.13. The normalized spacial score (nSPS) is 11.8. The third kappa shape index (κ3) is 3.62. The molecule has 3 heterocycles. The van der Waals surface area contributed by atoms with Crippen molar-refractivity contribution < 1.29 is 9.21 Å². The molecule has 1 N–H and O–H groups in total. The summed E-state index contributed by atoms with van der Waals surface area (Å²) in [6, 6.07) is 15.7. The van der Waals surface area contributed by atoms with Gasteiger partial charge in [-0.05, 0) is 22.9 Å². The van der Waals surface area contributed by atoms with Gasteiger partial charge in [0.2, 0.25) is 5.91 Å². The first-order valence-corrected chi connectivity index (χ1v) is 10.5. The smallest absolute Gasteiger partial charge is 0.252 e. The van der Waals surface area contributed by atoms with Gasteiger partial charge in [-0.3, -0.25) is 4.79 Å². The van der Waals surface area contributed by atoms with Gasteiger partial charge in [-0.1, -0.05) is 51.1 Å². The standard InChI is InChI=1S/C25H23N5O2/c1-25(2,3)20-14-21(30(29-20)24-26-11-6-12-27-24)28-22(31)13-17-15-32-19-10-9-16-7-4-5-8-18(16)23(17)19/h4-12,14-15H,13H2,1-3H3,(H,28,31). The van der Waals surface area contributed by atoms with Crippen LogP contribution in [0.1, 0.15) is 32.0 Å². The van der Waals surface area contributed by atoms with Gasteiger partial charge in [0.15, 0.2) is 0 Å². The van der Waals surface area contributed by atoms with E-state index in [1.165, 1.54) is 0 Å². The fraction of sp³-hybridized carbons (Fsp3) is 0.200. The highest BCUT2D eigenvalue weighted by atomic mass is 16.3. The van der Waals surface area contributed by atoms with Gasteiger partial charge in [0.25, 0.3) is 5.95 Å². The van der Waals surface area contributed by atoms with Crippen LogP contribution < -0.4 is 5.32 Å². The van der Waals surface area contributed by atoms with Crippen molar-refractivity contribution in [3.63, 3.8) is 0 Å². The van der Waals surface area contributed by atoms with Gasteiger partial charge < -0.3 is 9.73 Å². The molecule has 0 fully saturated rings. The van der Waals surface area contributed by atoms with Gasteiger partial charge in [-0.25, -0.2) is 9.97 Å². The lowest BCUT2D eigenvalue weighted by atomic mass is 9.92.